The van der Waals surface area contributed by atoms with E-state index in [0.29, 0.717) is 11.1 Å². The predicted molar refractivity (Wildman–Crippen MR) is 69.4 cm³/mol. The minimum absolute atomic E-state index is 0.0196. The number of nitrogens with zero attached hydrogens (tertiary/aromatic N) is 2. The third-order valence-corrected chi connectivity index (χ3v) is 2.79. The highest BCUT2D eigenvalue weighted by atomic mass is 16.1. The van der Waals surface area contributed by atoms with Crippen molar-refractivity contribution in [3.63, 3.8) is 0 Å². The van der Waals surface area contributed by atoms with Crippen molar-refractivity contribution in [3.05, 3.63) is 72.2 Å². The second kappa shape index (κ2) is 4.37. The number of ketones is 1. The van der Waals surface area contributed by atoms with E-state index in [1.165, 1.54) is 0 Å². The molecular weight excluding hydrogens is 224 g/mol. The Labute approximate surface area is 104 Å². The molecule has 0 saturated carbocycles. The van der Waals surface area contributed by atoms with Crippen LogP contribution >= 0.6 is 0 Å². The van der Waals surface area contributed by atoms with Gasteiger partial charge in [-0.25, -0.2) is 0 Å². The fourth-order valence-electron chi connectivity index (χ4n) is 1.88. The summed E-state index contributed by atoms with van der Waals surface area (Å²) >= 11 is 0. The highest BCUT2D eigenvalue weighted by Gasteiger charge is 2.09. The van der Waals surface area contributed by atoms with Crippen LogP contribution in [0.25, 0.3) is 10.9 Å². The fourth-order valence-corrected chi connectivity index (χ4v) is 1.88. The van der Waals surface area contributed by atoms with Crippen molar-refractivity contribution < 1.29 is 4.79 Å². The lowest BCUT2D eigenvalue weighted by atomic mass is 10.0. The van der Waals surface area contributed by atoms with Crippen LogP contribution in [-0.2, 0) is 0 Å². The largest absolute Gasteiger partial charge is 0.289 e. The molecule has 0 aliphatic rings. The molecular formula is C15H10N2O. The van der Waals surface area contributed by atoms with Crippen molar-refractivity contribution in [1.29, 1.82) is 0 Å². The van der Waals surface area contributed by atoms with Gasteiger partial charge < -0.3 is 0 Å². The molecule has 0 bridgehead atoms. The second-order valence-electron chi connectivity index (χ2n) is 3.98. The highest BCUT2D eigenvalue weighted by molar-refractivity contribution is 6.10. The Morgan fingerprint density at radius 3 is 2.67 bits per heavy atom. The molecule has 18 heavy (non-hydrogen) atoms. The Bertz CT molecular complexity index is 708. The summed E-state index contributed by atoms with van der Waals surface area (Å²) in [5.41, 5.74) is 2.14. The van der Waals surface area contributed by atoms with Gasteiger partial charge in [0.2, 0.25) is 0 Å². The minimum atomic E-state index is -0.0196. The summed E-state index contributed by atoms with van der Waals surface area (Å²) in [7, 11) is 0. The Kier molecular flexibility index (Phi) is 2.57. The Balaban J connectivity index is 2.07. The molecule has 0 atom stereocenters. The van der Waals surface area contributed by atoms with Crippen LogP contribution in [0.3, 0.4) is 0 Å². The quantitative estimate of drug-likeness (QED) is 0.640. The summed E-state index contributed by atoms with van der Waals surface area (Å²) in [4.78, 5) is 20.4. The summed E-state index contributed by atoms with van der Waals surface area (Å²) in [5.74, 6) is -0.0196. The van der Waals surface area contributed by atoms with Crippen molar-refractivity contribution in [1.82, 2.24) is 9.97 Å². The molecule has 3 nitrogen and oxygen atoms in total. The van der Waals surface area contributed by atoms with E-state index in [1.54, 1.807) is 36.8 Å². The molecule has 86 valence electrons. The van der Waals surface area contributed by atoms with Crippen molar-refractivity contribution in [3.8, 4) is 0 Å². The Hall–Kier alpha value is -2.55. The third kappa shape index (κ3) is 1.86. The summed E-state index contributed by atoms with van der Waals surface area (Å²) in [5, 5.41) is 0.965. The van der Waals surface area contributed by atoms with E-state index in [0.717, 1.165) is 10.9 Å². The monoisotopic (exact) mass is 234 g/mol. The van der Waals surface area contributed by atoms with Gasteiger partial charge in [-0.1, -0.05) is 6.07 Å². The lowest BCUT2D eigenvalue weighted by Gasteiger charge is -2.02. The Morgan fingerprint density at radius 1 is 0.944 bits per heavy atom. The normalized spacial score (nSPS) is 10.4. The number of pyridine rings is 2. The fraction of sp³-hybridized carbons (Fsp3) is 0. The molecule has 0 amide bonds. The van der Waals surface area contributed by atoms with Gasteiger partial charge in [-0.2, -0.15) is 0 Å². The van der Waals surface area contributed by atoms with Crippen LogP contribution in [0.1, 0.15) is 15.9 Å². The van der Waals surface area contributed by atoms with E-state index in [-0.39, 0.29) is 5.78 Å². The predicted octanol–water partition coefficient (Wildman–Crippen LogP) is 2.86. The smallest absolute Gasteiger partial charge is 0.194 e. The van der Waals surface area contributed by atoms with Crippen molar-refractivity contribution in [2.75, 3.05) is 0 Å². The molecule has 2 aromatic heterocycles. The number of carbonyl (C=O) groups excluding carboxylic acids is 1. The lowest BCUT2D eigenvalue weighted by molar-refractivity contribution is 0.103. The molecule has 3 aromatic rings. The van der Waals surface area contributed by atoms with Crippen LogP contribution in [0.2, 0.25) is 0 Å². The second-order valence-corrected chi connectivity index (χ2v) is 3.98. The van der Waals surface area contributed by atoms with Crippen LogP contribution in [0.4, 0.5) is 0 Å². The molecule has 0 aliphatic carbocycles. The van der Waals surface area contributed by atoms with E-state index in [4.69, 9.17) is 0 Å². The van der Waals surface area contributed by atoms with E-state index in [1.807, 2.05) is 24.3 Å². The first-order valence-corrected chi connectivity index (χ1v) is 5.64. The third-order valence-electron chi connectivity index (χ3n) is 2.79. The average molecular weight is 234 g/mol. The van der Waals surface area contributed by atoms with E-state index in [9.17, 15) is 4.79 Å². The van der Waals surface area contributed by atoms with Gasteiger partial charge in [0.15, 0.2) is 5.78 Å². The molecule has 0 N–H and O–H groups in total. The van der Waals surface area contributed by atoms with Gasteiger partial charge in [0.1, 0.15) is 0 Å². The first-order valence-electron chi connectivity index (χ1n) is 5.64. The van der Waals surface area contributed by atoms with Crippen molar-refractivity contribution >= 4 is 16.7 Å². The van der Waals surface area contributed by atoms with Gasteiger partial charge in [-0.3, -0.25) is 14.8 Å². The van der Waals surface area contributed by atoms with Crippen molar-refractivity contribution in [2.24, 2.45) is 0 Å². The minimum Gasteiger partial charge on any atom is -0.289 e. The number of benzene rings is 1. The van der Waals surface area contributed by atoms with Gasteiger partial charge in [0, 0.05) is 35.1 Å². The van der Waals surface area contributed by atoms with Gasteiger partial charge in [-0.05, 0) is 36.4 Å². The number of aromatic nitrogens is 2. The molecule has 2 heterocycles. The molecule has 0 saturated heterocycles. The van der Waals surface area contributed by atoms with E-state index in [2.05, 4.69) is 9.97 Å². The number of rotatable bonds is 2. The molecule has 3 rings (SSSR count). The maximum Gasteiger partial charge on any atom is 0.194 e. The molecule has 0 spiro atoms. The standard InChI is InChI=1S/C15H10N2O/c18-15(13-4-1-7-16-10-13)12-5-6-14-11(9-12)3-2-8-17-14/h1-10H. The lowest BCUT2D eigenvalue weighted by Crippen LogP contribution is -2.01. The molecule has 1 aromatic carbocycles. The topological polar surface area (TPSA) is 42.9 Å². The SMILES string of the molecule is O=C(c1cccnc1)c1ccc2ncccc2c1. The first-order chi connectivity index (χ1) is 8.84. The number of hydrogen-bond acceptors (Lipinski definition) is 3. The number of hydrogen-bond donors (Lipinski definition) is 0. The maximum atomic E-state index is 12.2. The van der Waals surface area contributed by atoms with Crippen LogP contribution < -0.4 is 0 Å². The summed E-state index contributed by atoms with van der Waals surface area (Å²) in [6.07, 6.45) is 4.97. The van der Waals surface area contributed by atoms with Gasteiger partial charge in [-0.15, -0.1) is 0 Å². The Morgan fingerprint density at radius 2 is 1.83 bits per heavy atom. The zero-order valence-corrected chi connectivity index (χ0v) is 9.58. The summed E-state index contributed by atoms with van der Waals surface area (Å²) < 4.78 is 0. The van der Waals surface area contributed by atoms with Gasteiger partial charge in [0.25, 0.3) is 0 Å². The van der Waals surface area contributed by atoms with Gasteiger partial charge >= 0.3 is 0 Å². The van der Waals surface area contributed by atoms with Crippen LogP contribution in [0, 0.1) is 0 Å². The van der Waals surface area contributed by atoms with E-state index < -0.39 is 0 Å². The molecule has 0 radical (unpaired) electrons. The average Bonchev–Trinajstić information content (AvgIpc) is 2.47. The van der Waals surface area contributed by atoms with Crippen LogP contribution in [0.5, 0.6) is 0 Å². The number of carbonyl (C=O) groups is 1. The highest BCUT2D eigenvalue weighted by Crippen LogP contribution is 2.16. The van der Waals surface area contributed by atoms with Gasteiger partial charge in [0.05, 0.1) is 5.52 Å². The molecule has 0 aliphatic heterocycles. The zero-order valence-electron chi connectivity index (χ0n) is 9.58. The first kappa shape index (κ1) is 10.6. The summed E-state index contributed by atoms with van der Waals surface area (Å²) in [6, 6.07) is 12.9. The summed E-state index contributed by atoms with van der Waals surface area (Å²) in [6.45, 7) is 0. The zero-order chi connectivity index (χ0) is 12.4. The van der Waals surface area contributed by atoms with Crippen LogP contribution in [-0.4, -0.2) is 15.8 Å². The van der Waals surface area contributed by atoms with Crippen LogP contribution in [0.15, 0.2) is 61.1 Å². The molecule has 0 unspecified atom stereocenters. The number of fused-ring (bicyclic) bond motifs is 1. The molecule has 0 fully saturated rings. The van der Waals surface area contributed by atoms with E-state index >= 15 is 0 Å². The van der Waals surface area contributed by atoms with Crippen molar-refractivity contribution in [2.45, 2.75) is 0 Å². The molecule has 3 heteroatoms. The maximum absolute atomic E-state index is 12.2.